The molecule has 0 saturated carbocycles. The number of rotatable bonds is 3. The van der Waals surface area contributed by atoms with Gasteiger partial charge in [-0.15, -0.1) is 0 Å². The van der Waals surface area contributed by atoms with Gasteiger partial charge >= 0.3 is 5.69 Å². The number of hydrogen-bond acceptors (Lipinski definition) is 7. The molecular weight excluding hydrogens is 416 g/mol. The number of amides is 1. The molecule has 4 aromatic rings. The molecular formula is C21H22N6O3S. The Morgan fingerprint density at radius 3 is 2.61 bits per heavy atom. The van der Waals surface area contributed by atoms with Crippen LogP contribution in [0.3, 0.4) is 0 Å². The summed E-state index contributed by atoms with van der Waals surface area (Å²) in [4.78, 5) is 41.2. The smallest absolute Gasteiger partial charge is 0.329 e. The lowest BCUT2D eigenvalue weighted by Crippen LogP contribution is -2.39. The molecule has 5 rings (SSSR count). The fourth-order valence-electron chi connectivity index (χ4n) is 4.23. The summed E-state index contributed by atoms with van der Waals surface area (Å²) in [5, 5.41) is 0.791. The summed E-state index contributed by atoms with van der Waals surface area (Å²) in [5.41, 5.74) is 3.08. The predicted molar refractivity (Wildman–Crippen MR) is 118 cm³/mol. The second-order valence-corrected chi connectivity index (χ2v) is 8.68. The number of piperidine rings is 1. The molecule has 0 atom stereocenters. The van der Waals surface area contributed by atoms with E-state index in [-0.39, 0.29) is 17.6 Å². The average Bonchev–Trinajstić information content (AvgIpc) is 3.33. The van der Waals surface area contributed by atoms with E-state index < -0.39 is 0 Å². The van der Waals surface area contributed by atoms with Gasteiger partial charge in [-0.3, -0.25) is 13.9 Å². The van der Waals surface area contributed by atoms with Crippen molar-refractivity contribution in [1.82, 2.24) is 29.0 Å². The minimum absolute atomic E-state index is 0.0187. The lowest BCUT2D eigenvalue weighted by molar-refractivity contribution is -0.130. The van der Waals surface area contributed by atoms with Gasteiger partial charge in [0.05, 0.1) is 18.8 Å². The van der Waals surface area contributed by atoms with E-state index in [4.69, 9.17) is 9.72 Å². The number of methoxy groups -OCH3 is 1. The van der Waals surface area contributed by atoms with Crippen molar-refractivity contribution < 1.29 is 9.53 Å². The third-order valence-corrected chi connectivity index (χ3v) is 6.96. The Morgan fingerprint density at radius 2 is 1.97 bits per heavy atom. The lowest BCUT2D eigenvalue weighted by Gasteiger charge is -2.31. The Kier molecular flexibility index (Phi) is 4.73. The number of aryl methyl sites for hydroxylation is 1. The third kappa shape index (κ3) is 3.18. The van der Waals surface area contributed by atoms with Gasteiger partial charge in [0, 0.05) is 50.9 Å². The molecule has 31 heavy (non-hydrogen) atoms. The Morgan fingerprint density at radius 1 is 1.19 bits per heavy atom. The number of hydrogen-bond donors (Lipinski definition) is 0. The molecule has 1 amide bonds. The van der Waals surface area contributed by atoms with Gasteiger partial charge in [0.25, 0.3) is 0 Å². The number of pyridine rings is 2. The summed E-state index contributed by atoms with van der Waals surface area (Å²) in [5.74, 6) is 0.617. The highest BCUT2D eigenvalue weighted by Gasteiger charge is 2.27. The number of thiazole rings is 1. The van der Waals surface area contributed by atoms with Crippen molar-refractivity contribution in [3.63, 3.8) is 0 Å². The van der Waals surface area contributed by atoms with Gasteiger partial charge in [-0.25, -0.2) is 19.7 Å². The summed E-state index contributed by atoms with van der Waals surface area (Å²) in [6, 6.07) is 3.73. The molecule has 0 unspecified atom stereocenters. The standard InChI is InChI=1S/C21H22N6O3S/c1-12(28)26-8-6-14(7-9-26)27-18-15(25(2)21(27)29)11-23-20-17(18)24-19(31-20)13-4-5-16(30-3)22-10-13/h4-5,10-11,14H,6-9H2,1-3H3. The number of aromatic nitrogens is 5. The fraction of sp³-hybridized carbons (Fsp3) is 0.381. The summed E-state index contributed by atoms with van der Waals surface area (Å²) in [6.07, 6.45) is 4.95. The zero-order valence-corrected chi connectivity index (χ0v) is 18.3. The van der Waals surface area contributed by atoms with E-state index in [9.17, 15) is 9.59 Å². The number of nitrogens with zero attached hydrogens (tertiary/aromatic N) is 6. The monoisotopic (exact) mass is 438 g/mol. The maximum absolute atomic E-state index is 13.2. The van der Waals surface area contributed by atoms with Crippen molar-refractivity contribution in [2.75, 3.05) is 20.2 Å². The molecule has 0 radical (unpaired) electrons. The van der Waals surface area contributed by atoms with E-state index in [1.165, 1.54) is 11.3 Å². The first kappa shape index (κ1) is 19.7. The minimum Gasteiger partial charge on any atom is -0.481 e. The zero-order valence-electron chi connectivity index (χ0n) is 17.5. The first-order valence-electron chi connectivity index (χ1n) is 10.1. The summed E-state index contributed by atoms with van der Waals surface area (Å²) in [7, 11) is 3.34. The summed E-state index contributed by atoms with van der Waals surface area (Å²) >= 11 is 1.47. The highest BCUT2D eigenvalue weighted by atomic mass is 32.1. The highest BCUT2D eigenvalue weighted by Crippen LogP contribution is 2.34. The molecule has 0 aromatic carbocycles. The summed E-state index contributed by atoms with van der Waals surface area (Å²) in [6.45, 7) is 2.89. The molecule has 9 nitrogen and oxygen atoms in total. The van der Waals surface area contributed by atoms with Crippen LogP contribution < -0.4 is 10.4 Å². The molecule has 5 heterocycles. The van der Waals surface area contributed by atoms with Gasteiger partial charge in [-0.05, 0) is 18.9 Å². The van der Waals surface area contributed by atoms with Crippen LogP contribution in [0.1, 0.15) is 25.8 Å². The van der Waals surface area contributed by atoms with E-state index in [2.05, 4.69) is 9.97 Å². The molecule has 1 saturated heterocycles. The molecule has 1 aliphatic rings. The van der Waals surface area contributed by atoms with Crippen molar-refractivity contribution in [2.45, 2.75) is 25.8 Å². The van der Waals surface area contributed by atoms with Gasteiger partial charge < -0.3 is 9.64 Å². The van der Waals surface area contributed by atoms with Crippen LogP contribution in [0.15, 0.2) is 29.3 Å². The number of ether oxygens (including phenoxy) is 1. The maximum atomic E-state index is 13.2. The van der Waals surface area contributed by atoms with Crippen molar-refractivity contribution in [1.29, 1.82) is 0 Å². The largest absolute Gasteiger partial charge is 0.481 e. The van der Waals surface area contributed by atoms with Gasteiger partial charge in [-0.2, -0.15) is 0 Å². The molecule has 160 valence electrons. The Hall–Kier alpha value is -3.27. The third-order valence-electron chi connectivity index (χ3n) is 5.94. The number of fused-ring (bicyclic) bond motifs is 3. The highest BCUT2D eigenvalue weighted by molar-refractivity contribution is 7.21. The second kappa shape index (κ2) is 7.45. The normalized spacial score (nSPS) is 15.1. The van der Waals surface area contributed by atoms with Crippen LogP contribution in [0.2, 0.25) is 0 Å². The Labute approximate surface area is 181 Å². The van der Waals surface area contributed by atoms with E-state index in [0.717, 1.165) is 44.8 Å². The van der Waals surface area contributed by atoms with Crippen molar-refractivity contribution in [3.05, 3.63) is 35.0 Å². The zero-order chi connectivity index (χ0) is 21.7. The van der Waals surface area contributed by atoms with Crippen molar-refractivity contribution >= 4 is 38.6 Å². The first-order valence-corrected chi connectivity index (χ1v) is 10.9. The Bertz CT molecular complexity index is 1350. The topological polar surface area (TPSA) is 95.1 Å². The van der Waals surface area contributed by atoms with E-state index in [0.29, 0.717) is 19.0 Å². The van der Waals surface area contributed by atoms with Crippen molar-refractivity contribution in [3.8, 4) is 16.5 Å². The molecule has 0 N–H and O–H groups in total. The SMILES string of the molecule is COc1ccc(-c2nc3c(ncc4c3n(C3CCN(C(C)=O)CC3)c(=O)n4C)s2)cn1. The molecule has 1 fully saturated rings. The number of likely N-dealkylation sites (tertiary alicyclic amines) is 1. The molecule has 0 aliphatic carbocycles. The fourth-order valence-corrected chi connectivity index (χ4v) is 5.13. The first-order chi connectivity index (χ1) is 15.0. The molecule has 0 spiro atoms. The van der Waals surface area contributed by atoms with Crippen LogP contribution in [-0.4, -0.2) is 55.1 Å². The number of carbonyl (C=O) groups excluding carboxylic acids is 1. The van der Waals surface area contributed by atoms with Crippen LogP contribution >= 0.6 is 11.3 Å². The quantitative estimate of drug-likeness (QED) is 0.488. The Balaban J connectivity index is 1.64. The van der Waals surface area contributed by atoms with Gasteiger partial charge in [-0.1, -0.05) is 11.3 Å². The summed E-state index contributed by atoms with van der Waals surface area (Å²) < 4.78 is 8.62. The molecule has 10 heteroatoms. The number of imidazole rings is 1. The molecule has 0 bridgehead atoms. The minimum atomic E-state index is -0.0776. The van der Waals surface area contributed by atoms with Gasteiger partial charge in [0.2, 0.25) is 11.8 Å². The maximum Gasteiger partial charge on any atom is 0.329 e. The predicted octanol–water partition coefficient (Wildman–Crippen LogP) is 2.60. The van der Waals surface area contributed by atoms with Crippen LogP contribution in [-0.2, 0) is 11.8 Å². The van der Waals surface area contributed by atoms with Crippen LogP contribution in [0.25, 0.3) is 32.0 Å². The van der Waals surface area contributed by atoms with E-state index in [1.807, 2.05) is 15.5 Å². The average molecular weight is 439 g/mol. The lowest BCUT2D eigenvalue weighted by atomic mass is 10.0. The van der Waals surface area contributed by atoms with E-state index >= 15 is 0 Å². The van der Waals surface area contributed by atoms with Gasteiger partial charge in [0.15, 0.2) is 0 Å². The van der Waals surface area contributed by atoms with Crippen LogP contribution in [0, 0.1) is 0 Å². The number of carbonyl (C=O) groups is 1. The second-order valence-electron chi connectivity index (χ2n) is 7.70. The molecule has 4 aromatic heterocycles. The molecule has 1 aliphatic heterocycles. The van der Waals surface area contributed by atoms with Crippen molar-refractivity contribution in [2.24, 2.45) is 7.05 Å². The van der Waals surface area contributed by atoms with Crippen LogP contribution in [0.5, 0.6) is 5.88 Å². The van der Waals surface area contributed by atoms with Crippen LogP contribution in [0.4, 0.5) is 0 Å². The van der Waals surface area contributed by atoms with Gasteiger partial charge in [0.1, 0.15) is 20.9 Å². The van der Waals surface area contributed by atoms with E-state index in [1.54, 1.807) is 44.1 Å².